The number of carbonyl (C=O) groups excluding carboxylic acids is 2. The molecule has 2 N–H and O–H groups in total. The third-order valence-electron chi connectivity index (χ3n) is 7.63. The fraction of sp³-hybridized carbons (Fsp3) is 0.464. The van der Waals surface area contributed by atoms with Gasteiger partial charge in [0.1, 0.15) is 5.82 Å². The largest absolute Gasteiger partial charge is 0.368 e. The summed E-state index contributed by atoms with van der Waals surface area (Å²) in [5, 5.41) is 11.5. The second kappa shape index (κ2) is 11.2. The number of ether oxygens (including phenoxy) is 1. The Hall–Kier alpha value is -4.06. The third-order valence-corrected chi connectivity index (χ3v) is 7.63. The fourth-order valence-electron chi connectivity index (χ4n) is 5.47. The average Bonchev–Trinajstić information content (AvgIpc) is 3.40. The first kappa shape index (κ1) is 27.5. The highest BCUT2D eigenvalue weighted by Gasteiger charge is 2.34. The summed E-state index contributed by atoms with van der Waals surface area (Å²) in [4.78, 5) is 39.2. The lowest BCUT2D eigenvalue weighted by Crippen LogP contribution is -2.54. The summed E-state index contributed by atoms with van der Waals surface area (Å²) in [6.07, 6.45) is 2.45. The molecule has 0 bridgehead atoms. The number of aryl methyl sites for hydroxylation is 1. The minimum absolute atomic E-state index is 0.00638. The van der Waals surface area contributed by atoms with E-state index >= 15 is 0 Å². The standard InChI is InChI=1S/C28H35FN8O3/c1-16-6-7-21-19(13-31-34-21)25(16)23-12-22-20(15-40-23)26(33-28(32-22)30-9-8-24(38)35(4)5)36-10-11-37(17(2)14-36)27(39)18(3)29/h6-7,13,17,23H,3,8-12,14-15H2,1-2,4-5H3,(H,31,34)(H,30,32,33)/t17-,23?/m1/s1. The highest BCUT2D eigenvalue weighted by molar-refractivity contribution is 5.91. The molecule has 2 atom stereocenters. The van der Waals surface area contributed by atoms with Gasteiger partial charge in [-0.1, -0.05) is 12.6 Å². The maximum absolute atomic E-state index is 13.6. The molecule has 0 saturated carbocycles. The number of aromatic amines is 1. The lowest BCUT2D eigenvalue weighted by atomic mass is 9.93. The maximum atomic E-state index is 13.6. The van der Waals surface area contributed by atoms with Crippen molar-refractivity contribution in [2.45, 2.75) is 45.4 Å². The van der Waals surface area contributed by atoms with Gasteiger partial charge in [-0.25, -0.2) is 9.37 Å². The molecule has 0 spiro atoms. The van der Waals surface area contributed by atoms with Crippen molar-refractivity contribution in [1.82, 2.24) is 30.0 Å². The van der Waals surface area contributed by atoms with Gasteiger partial charge in [0, 0.05) is 70.1 Å². The van der Waals surface area contributed by atoms with Gasteiger partial charge < -0.3 is 24.8 Å². The van der Waals surface area contributed by atoms with Crippen molar-refractivity contribution in [1.29, 1.82) is 0 Å². The Morgan fingerprint density at radius 3 is 2.80 bits per heavy atom. The van der Waals surface area contributed by atoms with Gasteiger partial charge in [0.2, 0.25) is 11.9 Å². The number of benzene rings is 1. The number of carbonyl (C=O) groups is 2. The molecule has 212 valence electrons. The first-order chi connectivity index (χ1) is 19.1. The number of H-pyrrole nitrogens is 1. The second-order valence-electron chi connectivity index (χ2n) is 10.6. The molecule has 4 heterocycles. The number of halogens is 1. The van der Waals surface area contributed by atoms with E-state index in [1.54, 1.807) is 19.0 Å². The molecule has 2 aliphatic rings. The molecule has 1 aromatic carbocycles. The quantitative estimate of drug-likeness (QED) is 0.431. The maximum Gasteiger partial charge on any atom is 0.282 e. The highest BCUT2D eigenvalue weighted by atomic mass is 19.1. The average molecular weight is 551 g/mol. The fourth-order valence-corrected chi connectivity index (χ4v) is 5.47. The summed E-state index contributed by atoms with van der Waals surface area (Å²) in [6.45, 7) is 9.10. The van der Waals surface area contributed by atoms with E-state index in [0.29, 0.717) is 51.6 Å². The molecule has 1 fully saturated rings. The van der Waals surface area contributed by atoms with Crippen LogP contribution in [0.25, 0.3) is 10.9 Å². The summed E-state index contributed by atoms with van der Waals surface area (Å²) < 4.78 is 20.0. The van der Waals surface area contributed by atoms with Crippen LogP contribution in [0.5, 0.6) is 0 Å². The molecule has 40 heavy (non-hydrogen) atoms. The van der Waals surface area contributed by atoms with Crippen LogP contribution in [-0.4, -0.2) is 88.1 Å². The van der Waals surface area contributed by atoms with Crippen molar-refractivity contribution in [3.63, 3.8) is 0 Å². The van der Waals surface area contributed by atoms with Gasteiger partial charge in [-0.2, -0.15) is 10.1 Å². The SMILES string of the molecule is C=C(F)C(=O)N1CCN(c2nc(NCCC(=O)N(C)C)nc3c2COC(c2c(C)ccc4[nH]ncc24)C3)C[C@H]1C. The van der Waals surface area contributed by atoms with E-state index in [1.165, 1.54) is 4.90 Å². The summed E-state index contributed by atoms with van der Waals surface area (Å²) >= 11 is 0. The van der Waals surface area contributed by atoms with Crippen molar-refractivity contribution in [3.05, 3.63) is 53.1 Å². The zero-order chi connectivity index (χ0) is 28.6. The van der Waals surface area contributed by atoms with Gasteiger partial charge in [0.15, 0.2) is 5.83 Å². The van der Waals surface area contributed by atoms with Gasteiger partial charge in [-0.05, 0) is 31.0 Å². The molecule has 11 nitrogen and oxygen atoms in total. The van der Waals surface area contributed by atoms with E-state index in [2.05, 4.69) is 40.0 Å². The molecule has 2 aromatic heterocycles. The van der Waals surface area contributed by atoms with E-state index in [4.69, 9.17) is 14.7 Å². The Morgan fingerprint density at radius 1 is 1.27 bits per heavy atom. The lowest BCUT2D eigenvalue weighted by molar-refractivity contribution is -0.131. The molecule has 2 amide bonds. The van der Waals surface area contributed by atoms with E-state index in [9.17, 15) is 14.0 Å². The zero-order valence-electron chi connectivity index (χ0n) is 23.3. The van der Waals surface area contributed by atoms with E-state index in [-0.39, 0.29) is 18.1 Å². The normalized spacial score (nSPS) is 18.9. The molecule has 5 rings (SSSR count). The van der Waals surface area contributed by atoms with Crippen molar-refractivity contribution < 1.29 is 18.7 Å². The Bertz CT molecular complexity index is 1450. The Balaban J connectivity index is 1.45. The van der Waals surface area contributed by atoms with Gasteiger partial charge in [0.25, 0.3) is 5.91 Å². The molecule has 3 aromatic rings. The number of piperazine rings is 1. The molecular weight excluding hydrogens is 515 g/mol. The van der Waals surface area contributed by atoms with Crippen LogP contribution in [0.3, 0.4) is 0 Å². The van der Waals surface area contributed by atoms with Crippen LogP contribution in [0.15, 0.2) is 30.7 Å². The molecule has 0 aliphatic carbocycles. The minimum Gasteiger partial charge on any atom is -0.368 e. The molecule has 2 aliphatic heterocycles. The molecule has 1 unspecified atom stereocenters. The number of nitrogens with one attached hydrogen (secondary N) is 2. The lowest BCUT2D eigenvalue weighted by Gasteiger charge is -2.41. The number of anilines is 2. The van der Waals surface area contributed by atoms with Crippen LogP contribution in [-0.2, 0) is 27.4 Å². The van der Waals surface area contributed by atoms with E-state index in [0.717, 1.165) is 39.1 Å². The van der Waals surface area contributed by atoms with Crippen LogP contribution in [0.1, 0.15) is 41.8 Å². The monoisotopic (exact) mass is 550 g/mol. The predicted octanol–water partition coefficient (Wildman–Crippen LogP) is 2.89. The third kappa shape index (κ3) is 5.35. The van der Waals surface area contributed by atoms with Gasteiger partial charge in [0.05, 0.1) is 30.1 Å². The summed E-state index contributed by atoms with van der Waals surface area (Å²) in [7, 11) is 3.45. The Labute approximate surface area is 232 Å². The molecule has 0 radical (unpaired) electrons. The Kier molecular flexibility index (Phi) is 7.70. The minimum atomic E-state index is -0.958. The van der Waals surface area contributed by atoms with Gasteiger partial charge in [-0.15, -0.1) is 0 Å². The number of amides is 2. The van der Waals surface area contributed by atoms with Crippen molar-refractivity contribution in [3.8, 4) is 0 Å². The number of hydrogen-bond acceptors (Lipinski definition) is 8. The van der Waals surface area contributed by atoms with Gasteiger partial charge >= 0.3 is 0 Å². The highest BCUT2D eigenvalue weighted by Crippen LogP contribution is 2.38. The number of fused-ring (bicyclic) bond motifs is 2. The first-order valence-corrected chi connectivity index (χ1v) is 13.4. The zero-order valence-corrected chi connectivity index (χ0v) is 23.3. The Morgan fingerprint density at radius 2 is 2.08 bits per heavy atom. The second-order valence-corrected chi connectivity index (χ2v) is 10.6. The van der Waals surface area contributed by atoms with Crippen molar-refractivity contribution >= 4 is 34.5 Å². The number of nitrogens with zero attached hydrogens (tertiary/aromatic N) is 6. The number of aromatic nitrogens is 4. The van der Waals surface area contributed by atoms with Crippen LogP contribution in [0, 0.1) is 6.92 Å². The predicted molar refractivity (Wildman–Crippen MR) is 150 cm³/mol. The molecule has 1 saturated heterocycles. The van der Waals surface area contributed by atoms with E-state index in [1.807, 2.05) is 19.2 Å². The topological polar surface area (TPSA) is 120 Å². The van der Waals surface area contributed by atoms with Crippen LogP contribution >= 0.6 is 0 Å². The number of hydrogen-bond donors (Lipinski definition) is 2. The molecule has 12 heteroatoms. The summed E-state index contributed by atoms with van der Waals surface area (Å²) in [5.41, 5.74) is 4.90. The van der Waals surface area contributed by atoms with Gasteiger partial charge in [-0.3, -0.25) is 14.7 Å². The molecular formula is C28H35FN8O3. The van der Waals surface area contributed by atoms with Crippen LogP contribution < -0.4 is 10.2 Å². The van der Waals surface area contributed by atoms with Crippen molar-refractivity contribution in [2.75, 3.05) is 50.5 Å². The smallest absolute Gasteiger partial charge is 0.282 e. The van der Waals surface area contributed by atoms with Crippen molar-refractivity contribution in [2.24, 2.45) is 0 Å². The number of rotatable bonds is 7. The van der Waals surface area contributed by atoms with Crippen LogP contribution in [0.2, 0.25) is 0 Å². The summed E-state index contributed by atoms with van der Waals surface area (Å²) in [5.74, 6) is -0.476. The van der Waals surface area contributed by atoms with Crippen LogP contribution in [0.4, 0.5) is 16.2 Å². The first-order valence-electron chi connectivity index (χ1n) is 13.4. The van der Waals surface area contributed by atoms with E-state index < -0.39 is 11.7 Å². The summed E-state index contributed by atoms with van der Waals surface area (Å²) in [6, 6.07) is 3.83.